The Balaban J connectivity index is 1.40. The number of carboxylic acid groups (broad SMARTS) is 1. The number of aliphatic carboxylic acids is 1. The van der Waals surface area contributed by atoms with E-state index in [9.17, 15) is 32.6 Å². The van der Waals surface area contributed by atoms with Crippen LogP contribution in [0.1, 0.15) is 49.3 Å². The zero-order chi connectivity index (χ0) is 28.9. The van der Waals surface area contributed by atoms with Crippen LogP contribution in [0.15, 0.2) is 36.5 Å². The van der Waals surface area contributed by atoms with Gasteiger partial charge in [-0.3, -0.25) is 14.7 Å². The maximum Gasteiger partial charge on any atom is 0.303 e. The standard InChI is InChI=1S/C29H32F4N2O5/c1-39-19-2-3-24-21(12-19)27(18(16-30)17-34-24)25(36)4-5-29(15-26(37)38)6-8-35(9-7-29)10-11-40-20-13-22(31)28(33)23(32)14-20/h2-3,12-14,17,25,36H,4-11,15-16H2,1H3,(H,37,38). The average Bonchev–Trinajstić information content (AvgIpc) is 2.94. The summed E-state index contributed by atoms with van der Waals surface area (Å²) in [7, 11) is 1.51. The Hall–Kier alpha value is -3.44. The second kappa shape index (κ2) is 12.8. The van der Waals surface area contributed by atoms with Crippen molar-refractivity contribution in [3.8, 4) is 11.5 Å². The van der Waals surface area contributed by atoms with E-state index >= 15 is 0 Å². The molecule has 0 amide bonds. The summed E-state index contributed by atoms with van der Waals surface area (Å²) in [6, 6.07) is 6.75. The highest BCUT2D eigenvalue weighted by molar-refractivity contribution is 5.85. The fourth-order valence-electron chi connectivity index (χ4n) is 5.44. The summed E-state index contributed by atoms with van der Waals surface area (Å²) >= 11 is 0. The molecule has 0 spiro atoms. The monoisotopic (exact) mass is 564 g/mol. The number of likely N-dealkylation sites (tertiary alicyclic amines) is 1. The van der Waals surface area contributed by atoms with E-state index in [1.807, 2.05) is 0 Å². The number of carbonyl (C=O) groups is 1. The first-order chi connectivity index (χ1) is 19.1. The molecular formula is C29H32F4N2O5. The van der Waals surface area contributed by atoms with Gasteiger partial charge in [-0.15, -0.1) is 0 Å². The van der Waals surface area contributed by atoms with Crippen molar-refractivity contribution in [2.24, 2.45) is 5.41 Å². The number of carboxylic acids is 1. The fraction of sp³-hybridized carbons (Fsp3) is 0.448. The van der Waals surface area contributed by atoms with Crippen LogP contribution in [0, 0.1) is 22.9 Å². The number of hydrogen-bond donors (Lipinski definition) is 2. The molecule has 2 heterocycles. The summed E-state index contributed by atoms with van der Waals surface area (Å²) in [4.78, 5) is 18.1. The number of aliphatic hydroxyl groups excluding tert-OH is 1. The highest BCUT2D eigenvalue weighted by Gasteiger charge is 2.37. The maximum absolute atomic E-state index is 13.9. The van der Waals surface area contributed by atoms with Gasteiger partial charge < -0.3 is 19.7 Å². The minimum Gasteiger partial charge on any atom is -0.497 e. The molecule has 0 bridgehead atoms. The average molecular weight is 565 g/mol. The molecular weight excluding hydrogens is 532 g/mol. The number of methoxy groups -OCH3 is 1. The van der Waals surface area contributed by atoms with Gasteiger partial charge in [-0.1, -0.05) is 0 Å². The van der Waals surface area contributed by atoms with Gasteiger partial charge in [0.15, 0.2) is 17.5 Å². The van der Waals surface area contributed by atoms with Gasteiger partial charge in [-0.2, -0.15) is 0 Å². The number of fused-ring (bicyclic) bond motifs is 1. The van der Waals surface area contributed by atoms with Crippen molar-refractivity contribution in [3.05, 3.63) is 65.1 Å². The first-order valence-corrected chi connectivity index (χ1v) is 13.1. The number of aromatic nitrogens is 1. The number of alkyl halides is 1. The summed E-state index contributed by atoms with van der Waals surface area (Å²) in [5, 5.41) is 21.4. The summed E-state index contributed by atoms with van der Waals surface area (Å²) in [5.74, 6) is -4.71. The van der Waals surface area contributed by atoms with Crippen molar-refractivity contribution in [2.45, 2.75) is 44.9 Å². The Kier molecular flexibility index (Phi) is 9.47. The van der Waals surface area contributed by atoms with E-state index in [-0.39, 0.29) is 30.8 Å². The SMILES string of the molecule is COc1ccc2ncc(CF)c(C(O)CCC3(CC(=O)O)CCN(CCOc4cc(F)c(F)c(F)c4)CC3)c2c1. The number of hydrogen-bond acceptors (Lipinski definition) is 6. The molecule has 2 N–H and O–H groups in total. The third kappa shape index (κ3) is 6.82. The second-order valence-corrected chi connectivity index (χ2v) is 10.2. The number of pyridine rings is 1. The van der Waals surface area contributed by atoms with Gasteiger partial charge in [0.25, 0.3) is 0 Å². The maximum atomic E-state index is 13.9. The lowest BCUT2D eigenvalue weighted by Gasteiger charge is -2.41. The number of nitrogens with zero attached hydrogens (tertiary/aromatic N) is 2. The van der Waals surface area contributed by atoms with Gasteiger partial charge in [0, 0.05) is 35.8 Å². The van der Waals surface area contributed by atoms with Gasteiger partial charge >= 0.3 is 5.97 Å². The Labute approximate surface area is 229 Å². The molecule has 1 aromatic heterocycles. The third-order valence-electron chi connectivity index (χ3n) is 7.70. The van der Waals surface area contributed by atoms with Crippen LogP contribution >= 0.6 is 0 Å². The number of halogens is 4. The molecule has 1 atom stereocenters. The molecule has 1 saturated heterocycles. The van der Waals surface area contributed by atoms with E-state index < -0.39 is 41.6 Å². The molecule has 0 aliphatic carbocycles. The lowest BCUT2D eigenvalue weighted by molar-refractivity contribution is -0.141. The molecule has 1 aliphatic rings. The molecule has 1 aliphatic heterocycles. The highest BCUT2D eigenvalue weighted by atomic mass is 19.2. The predicted molar refractivity (Wildman–Crippen MR) is 139 cm³/mol. The molecule has 11 heteroatoms. The van der Waals surface area contributed by atoms with Crippen LogP contribution in [-0.4, -0.2) is 59.4 Å². The van der Waals surface area contributed by atoms with Crippen LogP contribution in [0.4, 0.5) is 17.6 Å². The zero-order valence-corrected chi connectivity index (χ0v) is 22.1. The van der Waals surface area contributed by atoms with Crippen molar-refractivity contribution < 1.29 is 42.0 Å². The van der Waals surface area contributed by atoms with E-state index in [0.717, 1.165) is 12.1 Å². The fourth-order valence-corrected chi connectivity index (χ4v) is 5.44. The molecule has 7 nitrogen and oxygen atoms in total. The van der Waals surface area contributed by atoms with E-state index in [0.29, 0.717) is 61.1 Å². The van der Waals surface area contributed by atoms with Crippen LogP contribution < -0.4 is 9.47 Å². The Bertz CT molecular complexity index is 1320. The molecule has 3 aromatic rings. The quantitative estimate of drug-likeness (QED) is 0.219. The van der Waals surface area contributed by atoms with Crippen LogP contribution in [0.3, 0.4) is 0 Å². The number of aliphatic hydroxyl groups is 1. The van der Waals surface area contributed by atoms with Crippen molar-refractivity contribution in [3.63, 3.8) is 0 Å². The molecule has 40 heavy (non-hydrogen) atoms. The number of rotatable bonds is 12. The van der Waals surface area contributed by atoms with E-state index in [4.69, 9.17) is 9.47 Å². The van der Waals surface area contributed by atoms with Crippen LogP contribution in [0.2, 0.25) is 0 Å². The Morgan fingerprint density at radius 2 is 1.82 bits per heavy atom. The van der Waals surface area contributed by atoms with Crippen LogP contribution in [0.25, 0.3) is 10.9 Å². The predicted octanol–water partition coefficient (Wildman–Crippen LogP) is 5.58. The molecule has 1 fully saturated rings. The highest BCUT2D eigenvalue weighted by Crippen LogP contribution is 2.42. The lowest BCUT2D eigenvalue weighted by atomic mass is 9.71. The molecule has 0 radical (unpaired) electrons. The normalized spacial score (nSPS) is 16.1. The summed E-state index contributed by atoms with van der Waals surface area (Å²) in [5.41, 5.74) is 0.731. The minimum atomic E-state index is -1.55. The van der Waals surface area contributed by atoms with Gasteiger partial charge in [0.2, 0.25) is 0 Å². The van der Waals surface area contributed by atoms with E-state index in [1.165, 1.54) is 13.3 Å². The smallest absolute Gasteiger partial charge is 0.303 e. The van der Waals surface area contributed by atoms with Crippen LogP contribution in [0.5, 0.6) is 11.5 Å². The van der Waals surface area contributed by atoms with Crippen molar-refractivity contribution in [2.75, 3.05) is 33.4 Å². The second-order valence-electron chi connectivity index (χ2n) is 10.2. The topological polar surface area (TPSA) is 92.1 Å². The van der Waals surface area contributed by atoms with E-state index in [1.54, 1.807) is 18.2 Å². The number of piperidine rings is 1. The first-order valence-electron chi connectivity index (χ1n) is 13.1. The van der Waals surface area contributed by atoms with Crippen LogP contribution in [-0.2, 0) is 11.5 Å². The summed E-state index contributed by atoms with van der Waals surface area (Å²) in [6.45, 7) is 0.853. The zero-order valence-electron chi connectivity index (χ0n) is 22.1. The Morgan fingerprint density at radius 1 is 1.12 bits per heavy atom. The van der Waals surface area contributed by atoms with Crippen molar-refractivity contribution in [1.82, 2.24) is 9.88 Å². The van der Waals surface area contributed by atoms with Crippen molar-refractivity contribution >= 4 is 16.9 Å². The molecule has 1 unspecified atom stereocenters. The number of ether oxygens (including phenoxy) is 2. The summed E-state index contributed by atoms with van der Waals surface area (Å²) in [6.07, 6.45) is 2.06. The van der Waals surface area contributed by atoms with E-state index in [2.05, 4.69) is 9.88 Å². The van der Waals surface area contributed by atoms with Gasteiger partial charge in [-0.25, -0.2) is 17.6 Å². The minimum absolute atomic E-state index is 0.0704. The largest absolute Gasteiger partial charge is 0.497 e. The number of benzene rings is 2. The first kappa shape index (κ1) is 29.5. The van der Waals surface area contributed by atoms with Gasteiger partial charge in [-0.05, 0) is 68.0 Å². The molecule has 0 saturated carbocycles. The molecule has 4 rings (SSSR count). The molecule has 2 aromatic carbocycles. The van der Waals surface area contributed by atoms with Gasteiger partial charge in [0.1, 0.15) is 24.8 Å². The Morgan fingerprint density at radius 3 is 2.45 bits per heavy atom. The molecule has 216 valence electrons. The lowest BCUT2D eigenvalue weighted by Crippen LogP contribution is -2.42. The van der Waals surface area contributed by atoms with Crippen molar-refractivity contribution in [1.29, 1.82) is 0 Å². The third-order valence-corrected chi connectivity index (χ3v) is 7.70. The van der Waals surface area contributed by atoms with Gasteiger partial charge in [0.05, 0.1) is 25.2 Å². The summed E-state index contributed by atoms with van der Waals surface area (Å²) < 4.78 is 64.5.